The lowest BCUT2D eigenvalue weighted by atomic mass is 10.0. The van der Waals surface area contributed by atoms with E-state index in [4.69, 9.17) is 10.6 Å². The summed E-state index contributed by atoms with van der Waals surface area (Å²) in [5.74, 6) is 6.44. The molecule has 1 rings (SSSR count). The van der Waals surface area contributed by atoms with E-state index in [0.717, 1.165) is 16.9 Å². The zero-order valence-electron chi connectivity index (χ0n) is 10.4. The second-order valence-electron chi connectivity index (χ2n) is 4.12. The minimum atomic E-state index is 0.0273. The van der Waals surface area contributed by atoms with Crippen molar-refractivity contribution in [2.45, 2.75) is 26.8 Å². The number of methoxy groups -OCH3 is 1. The Morgan fingerprint density at radius 2 is 2.12 bits per heavy atom. The molecular formula is C13H20N2O. The van der Waals surface area contributed by atoms with Crippen LogP contribution in [0.5, 0.6) is 5.75 Å². The minimum absolute atomic E-state index is 0.0273. The fourth-order valence-electron chi connectivity index (χ4n) is 1.60. The molecule has 0 heterocycles. The van der Waals surface area contributed by atoms with E-state index in [-0.39, 0.29) is 6.04 Å². The zero-order valence-corrected chi connectivity index (χ0v) is 10.4. The Balaban J connectivity index is 3.06. The Morgan fingerprint density at radius 1 is 1.44 bits per heavy atom. The number of aryl methyl sites for hydroxylation is 1. The Kier molecular flexibility index (Phi) is 4.52. The van der Waals surface area contributed by atoms with Gasteiger partial charge < -0.3 is 4.74 Å². The highest BCUT2D eigenvalue weighted by molar-refractivity contribution is 5.39. The maximum Gasteiger partial charge on any atom is 0.122 e. The van der Waals surface area contributed by atoms with E-state index < -0.39 is 0 Å². The molecule has 0 spiro atoms. The summed E-state index contributed by atoms with van der Waals surface area (Å²) in [6.45, 7) is 6.12. The summed E-state index contributed by atoms with van der Waals surface area (Å²) in [5.41, 5.74) is 6.24. The van der Waals surface area contributed by atoms with Gasteiger partial charge in [0.15, 0.2) is 0 Å². The van der Waals surface area contributed by atoms with Crippen molar-refractivity contribution in [1.82, 2.24) is 5.43 Å². The smallest absolute Gasteiger partial charge is 0.122 e. The molecule has 1 unspecified atom stereocenters. The van der Waals surface area contributed by atoms with Gasteiger partial charge in [-0.15, -0.1) is 0 Å². The SMILES string of the molecule is COc1cc(C(C=C(C)C)NN)ccc1C. The first kappa shape index (κ1) is 12.7. The van der Waals surface area contributed by atoms with Crippen molar-refractivity contribution >= 4 is 0 Å². The number of benzene rings is 1. The van der Waals surface area contributed by atoms with E-state index in [1.807, 2.05) is 19.1 Å². The minimum Gasteiger partial charge on any atom is -0.496 e. The van der Waals surface area contributed by atoms with Crippen LogP contribution >= 0.6 is 0 Å². The lowest BCUT2D eigenvalue weighted by Gasteiger charge is -2.15. The Morgan fingerprint density at radius 3 is 2.62 bits per heavy atom. The first-order valence-corrected chi connectivity index (χ1v) is 5.34. The lowest BCUT2D eigenvalue weighted by Crippen LogP contribution is -2.26. The van der Waals surface area contributed by atoms with Crippen LogP contribution in [0.15, 0.2) is 29.8 Å². The summed E-state index contributed by atoms with van der Waals surface area (Å²) < 4.78 is 5.30. The molecule has 0 saturated heterocycles. The first-order chi connectivity index (χ1) is 7.58. The van der Waals surface area contributed by atoms with Gasteiger partial charge >= 0.3 is 0 Å². The van der Waals surface area contributed by atoms with Crippen molar-refractivity contribution in [3.8, 4) is 5.75 Å². The van der Waals surface area contributed by atoms with E-state index in [9.17, 15) is 0 Å². The summed E-state index contributed by atoms with van der Waals surface area (Å²) in [6, 6.07) is 6.14. The van der Waals surface area contributed by atoms with Crippen LogP contribution in [-0.2, 0) is 0 Å². The molecule has 0 fully saturated rings. The molecule has 0 radical (unpaired) electrons. The van der Waals surface area contributed by atoms with Gasteiger partial charge in [-0.2, -0.15) is 0 Å². The van der Waals surface area contributed by atoms with Gasteiger partial charge in [0.25, 0.3) is 0 Å². The summed E-state index contributed by atoms with van der Waals surface area (Å²) >= 11 is 0. The van der Waals surface area contributed by atoms with Crippen molar-refractivity contribution in [3.05, 3.63) is 41.0 Å². The predicted octanol–water partition coefficient (Wildman–Crippen LogP) is 2.47. The average Bonchev–Trinajstić information content (AvgIpc) is 2.26. The Hall–Kier alpha value is -1.32. The molecule has 16 heavy (non-hydrogen) atoms. The maximum absolute atomic E-state index is 5.55. The highest BCUT2D eigenvalue weighted by Crippen LogP contribution is 2.24. The summed E-state index contributed by atoms with van der Waals surface area (Å²) in [5, 5.41) is 0. The van der Waals surface area contributed by atoms with Crippen molar-refractivity contribution in [3.63, 3.8) is 0 Å². The number of ether oxygens (including phenoxy) is 1. The van der Waals surface area contributed by atoms with Crippen LogP contribution < -0.4 is 16.0 Å². The van der Waals surface area contributed by atoms with Gasteiger partial charge in [-0.3, -0.25) is 5.84 Å². The number of hydrazine groups is 1. The van der Waals surface area contributed by atoms with Crippen LogP contribution in [-0.4, -0.2) is 7.11 Å². The fraction of sp³-hybridized carbons (Fsp3) is 0.385. The number of nitrogens with two attached hydrogens (primary N) is 1. The van der Waals surface area contributed by atoms with Gasteiger partial charge in [0, 0.05) is 0 Å². The third-order valence-corrected chi connectivity index (χ3v) is 2.47. The third-order valence-electron chi connectivity index (χ3n) is 2.47. The zero-order chi connectivity index (χ0) is 12.1. The van der Waals surface area contributed by atoms with Crippen LogP contribution in [0.25, 0.3) is 0 Å². The summed E-state index contributed by atoms with van der Waals surface area (Å²) in [4.78, 5) is 0. The molecule has 3 heteroatoms. The molecule has 3 nitrogen and oxygen atoms in total. The molecule has 0 aromatic heterocycles. The molecule has 0 bridgehead atoms. The largest absolute Gasteiger partial charge is 0.496 e. The first-order valence-electron chi connectivity index (χ1n) is 5.34. The molecule has 0 aliphatic heterocycles. The Labute approximate surface area is 97.3 Å². The van der Waals surface area contributed by atoms with Gasteiger partial charge in [0.1, 0.15) is 5.75 Å². The van der Waals surface area contributed by atoms with Crippen LogP contribution in [0.4, 0.5) is 0 Å². The van der Waals surface area contributed by atoms with Crippen LogP contribution in [0.1, 0.15) is 31.0 Å². The quantitative estimate of drug-likeness (QED) is 0.465. The topological polar surface area (TPSA) is 47.3 Å². The number of rotatable bonds is 4. The molecule has 0 aliphatic carbocycles. The fourth-order valence-corrected chi connectivity index (χ4v) is 1.60. The Bertz CT molecular complexity index is 382. The van der Waals surface area contributed by atoms with Crippen molar-refractivity contribution < 1.29 is 4.74 Å². The second-order valence-corrected chi connectivity index (χ2v) is 4.12. The van der Waals surface area contributed by atoms with E-state index in [2.05, 4.69) is 31.4 Å². The van der Waals surface area contributed by atoms with Crippen molar-refractivity contribution in [2.24, 2.45) is 5.84 Å². The summed E-state index contributed by atoms with van der Waals surface area (Å²) in [7, 11) is 1.68. The average molecular weight is 220 g/mol. The molecule has 1 aromatic rings. The van der Waals surface area contributed by atoms with Crippen LogP contribution in [0, 0.1) is 6.92 Å². The molecule has 3 N–H and O–H groups in total. The highest BCUT2D eigenvalue weighted by Gasteiger charge is 2.08. The monoisotopic (exact) mass is 220 g/mol. The van der Waals surface area contributed by atoms with Crippen molar-refractivity contribution in [2.75, 3.05) is 7.11 Å². The predicted molar refractivity (Wildman–Crippen MR) is 67.2 cm³/mol. The maximum atomic E-state index is 5.55. The van der Waals surface area contributed by atoms with Crippen molar-refractivity contribution in [1.29, 1.82) is 0 Å². The molecule has 88 valence electrons. The molecule has 0 amide bonds. The molecule has 0 aliphatic rings. The van der Waals surface area contributed by atoms with Crippen LogP contribution in [0.3, 0.4) is 0 Å². The van der Waals surface area contributed by atoms with Gasteiger partial charge in [-0.25, -0.2) is 5.43 Å². The highest BCUT2D eigenvalue weighted by atomic mass is 16.5. The standard InChI is InChI=1S/C13H20N2O/c1-9(2)7-12(15-14)11-6-5-10(3)13(8-11)16-4/h5-8,12,15H,14H2,1-4H3. The molecule has 1 aromatic carbocycles. The van der Waals surface area contributed by atoms with Crippen LogP contribution in [0.2, 0.25) is 0 Å². The van der Waals surface area contributed by atoms with E-state index >= 15 is 0 Å². The number of allylic oxidation sites excluding steroid dienone is 1. The van der Waals surface area contributed by atoms with E-state index in [0.29, 0.717) is 0 Å². The van der Waals surface area contributed by atoms with Gasteiger partial charge in [0.05, 0.1) is 13.2 Å². The third kappa shape index (κ3) is 3.08. The van der Waals surface area contributed by atoms with E-state index in [1.54, 1.807) is 7.11 Å². The van der Waals surface area contributed by atoms with Gasteiger partial charge in [0.2, 0.25) is 0 Å². The number of hydrogen-bond acceptors (Lipinski definition) is 3. The van der Waals surface area contributed by atoms with Gasteiger partial charge in [-0.1, -0.05) is 23.8 Å². The number of hydrogen-bond donors (Lipinski definition) is 2. The normalized spacial score (nSPS) is 12.1. The molecule has 1 atom stereocenters. The second kappa shape index (κ2) is 5.68. The molecular weight excluding hydrogens is 200 g/mol. The molecule has 0 saturated carbocycles. The number of nitrogens with one attached hydrogen (secondary N) is 1. The van der Waals surface area contributed by atoms with Gasteiger partial charge in [-0.05, 0) is 38.0 Å². The lowest BCUT2D eigenvalue weighted by molar-refractivity contribution is 0.410. The summed E-state index contributed by atoms with van der Waals surface area (Å²) in [6.07, 6.45) is 2.09. The van der Waals surface area contributed by atoms with E-state index in [1.165, 1.54) is 5.57 Å².